The summed E-state index contributed by atoms with van der Waals surface area (Å²) in [4.78, 5) is 16.8. The predicted octanol–water partition coefficient (Wildman–Crippen LogP) is 4.19. The van der Waals surface area contributed by atoms with Crippen LogP contribution >= 0.6 is 0 Å². The van der Waals surface area contributed by atoms with Crippen molar-refractivity contribution in [1.29, 1.82) is 0 Å². The molecule has 2 unspecified atom stereocenters. The first kappa shape index (κ1) is 22.1. The van der Waals surface area contributed by atoms with E-state index in [1.807, 2.05) is 6.07 Å². The highest BCUT2D eigenvalue weighted by atomic mass is 19.1. The number of piperidine rings is 2. The maximum Gasteiger partial charge on any atom is 0.409 e. The molecule has 1 aromatic rings. The molecule has 2 aliphatic heterocycles. The topological polar surface area (TPSA) is 44.8 Å². The second-order valence-corrected chi connectivity index (χ2v) is 10.6. The van der Waals surface area contributed by atoms with Crippen LogP contribution in [0.25, 0.3) is 0 Å². The first-order valence-electron chi connectivity index (χ1n) is 12.7. The van der Waals surface area contributed by atoms with Gasteiger partial charge in [0.15, 0.2) is 0 Å². The molecule has 2 aliphatic carbocycles. The highest BCUT2D eigenvalue weighted by molar-refractivity contribution is 5.67. The standard InChI is InChI=1S/C26H38FN3O2/c27-26(19-28-24-16-23(24)22-4-2-1-3-5-22)10-14-30(15-11-26)25(31)32-18-21-8-12-29(13-9-21)17-20-6-7-20/h1-5,20-21,23-24,28H,6-19H2. The van der Waals surface area contributed by atoms with E-state index < -0.39 is 5.67 Å². The van der Waals surface area contributed by atoms with E-state index in [9.17, 15) is 4.79 Å². The van der Waals surface area contributed by atoms with Crippen molar-refractivity contribution in [3.8, 4) is 0 Å². The molecule has 176 valence electrons. The van der Waals surface area contributed by atoms with Crippen molar-refractivity contribution in [2.75, 3.05) is 45.9 Å². The number of nitrogens with one attached hydrogen (secondary N) is 1. The van der Waals surface area contributed by atoms with Crippen molar-refractivity contribution in [3.63, 3.8) is 0 Å². The average molecular weight is 444 g/mol. The molecule has 2 heterocycles. The Morgan fingerprint density at radius 2 is 1.75 bits per heavy atom. The quantitative estimate of drug-likeness (QED) is 0.654. The molecule has 5 rings (SSSR count). The van der Waals surface area contributed by atoms with Gasteiger partial charge in [0, 0.05) is 51.0 Å². The van der Waals surface area contributed by atoms with Crippen molar-refractivity contribution in [1.82, 2.24) is 15.1 Å². The van der Waals surface area contributed by atoms with E-state index in [4.69, 9.17) is 4.74 Å². The zero-order valence-electron chi connectivity index (χ0n) is 19.2. The molecule has 0 radical (unpaired) electrons. The molecule has 1 amide bonds. The zero-order chi connectivity index (χ0) is 22.0. The van der Waals surface area contributed by atoms with Crippen LogP contribution in [0.3, 0.4) is 0 Å². The van der Waals surface area contributed by atoms with Crippen LogP contribution in [0.1, 0.15) is 56.4 Å². The average Bonchev–Trinajstić information content (AvgIpc) is 3.74. The highest BCUT2D eigenvalue weighted by Gasteiger charge is 2.42. The molecule has 0 aromatic heterocycles. The third-order valence-corrected chi connectivity index (χ3v) is 7.98. The number of nitrogens with zero attached hydrogens (tertiary/aromatic N) is 2. The van der Waals surface area contributed by atoms with Crippen molar-refractivity contribution in [2.45, 2.75) is 62.6 Å². The lowest BCUT2D eigenvalue weighted by molar-refractivity contribution is 0.0325. The fourth-order valence-corrected chi connectivity index (χ4v) is 5.35. The summed E-state index contributed by atoms with van der Waals surface area (Å²) in [6.07, 6.45) is 6.63. The van der Waals surface area contributed by atoms with E-state index >= 15 is 4.39 Å². The molecular weight excluding hydrogens is 405 g/mol. The summed E-state index contributed by atoms with van der Waals surface area (Å²) in [7, 11) is 0. The number of carbonyl (C=O) groups excluding carboxylic acids is 1. The molecule has 1 N–H and O–H groups in total. The maximum absolute atomic E-state index is 15.3. The SMILES string of the molecule is O=C(OCC1CCN(CC2CC2)CC1)N1CCC(F)(CNC2CC2c2ccccc2)CC1. The summed E-state index contributed by atoms with van der Waals surface area (Å²) < 4.78 is 20.9. The van der Waals surface area contributed by atoms with E-state index in [0.29, 0.717) is 57.0 Å². The summed E-state index contributed by atoms with van der Waals surface area (Å²) in [5.74, 6) is 1.92. The Kier molecular flexibility index (Phi) is 6.70. The first-order chi connectivity index (χ1) is 15.6. The summed E-state index contributed by atoms with van der Waals surface area (Å²) in [5, 5.41) is 3.43. The van der Waals surface area contributed by atoms with Crippen molar-refractivity contribution in [2.24, 2.45) is 11.8 Å². The monoisotopic (exact) mass is 443 g/mol. The lowest BCUT2D eigenvalue weighted by Gasteiger charge is -2.36. The lowest BCUT2D eigenvalue weighted by atomic mass is 9.93. The summed E-state index contributed by atoms with van der Waals surface area (Å²) in [6.45, 7) is 5.31. The molecule has 1 aromatic carbocycles. The Morgan fingerprint density at radius 1 is 1.03 bits per heavy atom. The van der Waals surface area contributed by atoms with Gasteiger partial charge in [-0.05, 0) is 62.6 Å². The van der Waals surface area contributed by atoms with E-state index in [-0.39, 0.29) is 6.09 Å². The zero-order valence-corrected chi connectivity index (χ0v) is 19.2. The molecule has 0 bridgehead atoms. The minimum absolute atomic E-state index is 0.258. The van der Waals surface area contributed by atoms with E-state index in [1.54, 1.807) is 4.90 Å². The van der Waals surface area contributed by atoms with E-state index in [1.165, 1.54) is 24.9 Å². The Bertz CT molecular complexity index is 756. The largest absolute Gasteiger partial charge is 0.449 e. The van der Waals surface area contributed by atoms with E-state index in [2.05, 4.69) is 34.5 Å². The van der Waals surface area contributed by atoms with Crippen LogP contribution in [0.2, 0.25) is 0 Å². The van der Waals surface area contributed by atoms with Crippen molar-refractivity contribution >= 4 is 6.09 Å². The Labute approximate surface area is 191 Å². The Hall–Kier alpha value is -1.66. The number of halogens is 1. The van der Waals surface area contributed by atoms with Gasteiger partial charge in [-0.3, -0.25) is 0 Å². The second-order valence-electron chi connectivity index (χ2n) is 10.6. The predicted molar refractivity (Wildman–Crippen MR) is 123 cm³/mol. The fourth-order valence-electron chi connectivity index (χ4n) is 5.35. The van der Waals surface area contributed by atoms with Gasteiger partial charge in [-0.1, -0.05) is 30.3 Å². The van der Waals surface area contributed by atoms with Crippen LogP contribution in [0.5, 0.6) is 0 Å². The number of carbonyl (C=O) groups is 1. The number of rotatable bonds is 8. The van der Waals surface area contributed by atoms with Gasteiger partial charge in [0.1, 0.15) is 5.67 Å². The minimum atomic E-state index is -1.23. The minimum Gasteiger partial charge on any atom is -0.449 e. The van der Waals surface area contributed by atoms with Gasteiger partial charge >= 0.3 is 6.09 Å². The summed E-state index contributed by atoms with van der Waals surface area (Å²) in [5.41, 5.74) is 0.110. The van der Waals surface area contributed by atoms with Crippen LogP contribution < -0.4 is 5.32 Å². The molecule has 5 nitrogen and oxygen atoms in total. The summed E-state index contributed by atoms with van der Waals surface area (Å²) >= 11 is 0. The summed E-state index contributed by atoms with van der Waals surface area (Å²) in [6, 6.07) is 10.8. The van der Waals surface area contributed by atoms with Crippen molar-refractivity contribution in [3.05, 3.63) is 35.9 Å². The van der Waals surface area contributed by atoms with Gasteiger partial charge in [0.2, 0.25) is 0 Å². The number of amides is 1. The molecule has 6 heteroatoms. The van der Waals surface area contributed by atoms with E-state index in [0.717, 1.165) is 38.3 Å². The van der Waals surface area contributed by atoms with Gasteiger partial charge in [0.25, 0.3) is 0 Å². The van der Waals surface area contributed by atoms with Gasteiger partial charge in [-0.15, -0.1) is 0 Å². The molecular formula is C26H38FN3O2. The van der Waals surface area contributed by atoms with Crippen molar-refractivity contribution < 1.29 is 13.9 Å². The molecule has 2 atom stereocenters. The third kappa shape index (κ3) is 5.82. The Balaban J connectivity index is 0.972. The smallest absolute Gasteiger partial charge is 0.409 e. The first-order valence-corrected chi connectivity index (χ1v) is 12.7. The van der Waals surface area contributed by atoms with Gasteiger partial charge < -0.3 is 19.9 Å². The molecule has 0 spiro atoms. The number of alkyl halides is 1. The number of hydrogen-bond acceptors (Lipinski definition) is 4. The van der Waals surface area contributed by atoms with Crippen LogP contribution in [0.4, 0.5) is 9.18 Å². The van der Waals surface area contributed by atoms with Gasteiger partial charge in [0.05, 0.1) is 6.61 Å². The molecule has 4 fully saturated rings. The molecule has 2 saturated carbocycles. The Morgan fingerprint density at radius 3 is 2.44 bits per heavy atom. The van der Waals surface area contributed by atoms with Crippen LogP contribution in [-0.4, -0.2) is 73.5 Å². The van der Waals surface area contributed by atoms with Gasteiger partial charge in [-0.2, -0.15) is 0 Å². The van der Waals surface area contributed by atoms with Crippen LogP contribution in [0, 0.1) is 11.8 Å². The van der Waals surface area contributed by atoms with Crippen LogP contribution in [-0.2, 0) is 4.74 Å². The number of benzene rings is 1. The number of ether oxygens (including phenoxy) is 1. The molecule has 2 saturated heterocycles. The highest BCUT2D eigenvalue weighted by Crippen LogP contribution is 2.41. The number of likely N-dealkylation sites (tertiary alicyclic amines) is 2. The molecule has 4 aliphatic rings. The van der Waals surface area contributed by atoms with Gasteiger partial charge in [-0.25, -0.2) is 9.18 Å². The molecule has 32 heavy (non-hydrogen) atoms. The normalized spacial score (nSPS) is 28.5. The van der Waals surface area contributed by atoms with Crippen LogP contribution in [0.15, 0.2) is 30.3 Å². The third-order valence-electron chi connectivity index (χ3n) is 7.98. The maximum atomic E-state index is 15.3. The second kappa shape index (κ2) is 9.68. The number of hydrogen-bond donors (Lipinski definition) is 1. The lowest BCUT2D eigenvalue weighted by Crippen LogP contribution is -2.49. The fraction of sp³-hybridized carbons (Fsp3) is 0.731.